The number of anilines is 1. The fraction of sp³-hybridized carbons (Fsp3) is 0.417. The van der Waals surface area contributed by atoms with Gasteiger partial charge < -0.3 is 10.6 Å². The third kappa shape index (κ3) is 2.89. The first-order valence-corrected chi connectivity index (χ1v) is 5.28. The zero-order valence-corrected chi connectivity index (χ0v) is 10.2. The van der Waals surface area contributed by atoms with Crippen LogP contribution in [-0.2, 0) is 0 Å². The van der Waals surface area contributed by atoms with Crippen molar-refractivity contribution in [3.05, 3.63) is 29.8 Å². The van der Waals surface area contributed by atoms with Crippen LogP contribution in [0.15, 0.2) is 24.3 Å². The predicted octanol–water partition coefficient (Wildman–Crippen LogP) is 2.17. The van der Waals surface area contributed by atoms with Gasteiger partial charge in [-0.15, -0.1) is 12.4 Å². The lowest BCUT2D eigenvalue weighted by atomic mass is 10.1. The minimum absolute atomic E-state index is 0. The van der Waals surface area contributed by atoms with Gasteiger partial charge in [-0.3, -0.25) is 4.79 Å². The van der Waals surface area contributed by atoms with Crippen LogP contribution < -0.4 is 5.73 Å². The van der Waals surface area contributed by atoms with Crippen molar-refractivity contribution in [1.29, 1.82) is 0 Å². The number of nitrogen functional groups attached to an aromatic ring is 1. The van der Waals surface area contributed by atoms with Crippen LogP contribution in [0.25, 0.3) is 0 Å². The maximum atomic E-state index is 12.0. The smallest absolute Gasteiger partial charge is 0.255 e. The van der Waals surface area contributed by atoms with Gasteiger partial charge in [0.05, 0.1) is 5.56 Å². The van der Waals surface area contributed by atoms with Gasteiger partial charge in [0, 0.05) is 19.3 Å². The Morgan fingerprint density at radius 1 is 1.44 bits per heavy atom. The molecular weight excluding hydrogens is 224 g/mol. The molecule has 0 spiro atoms. The Kier molecular flexibility index (Phi) is 4.19. The molecule has 4 heteroatoms. The van der Waals surface area contributed by atoms with Gasteiger partial charge in [0.1, 0.15) is 0 Å². The number of nitrogens with zero attached hydrogens (tertiary/aromatic N) is 1. The minimum Gasteiger partial charge on any atom is -0.398 e. The number of hydrogen-bond donors (Lipinski definition) is 1. The summed E-state index contributed by atoms with van der Waals surface area (Å²) in [5.74, 6) is 0.740. The van der Waals surface area contributed by atoms with E-state index in [2.05, 4.69) is 0 Å². The van der Waals surface area contributed by atoms with E-state index in [1.54, 1.807) is 17.0 Å². The molecule has 0 atom stereocenters. The lowest BCUT2D eigenvalue weighted by Gasteiger charge is -2.17. The van der Waals surface area contributed by atoms with Gasteiger partial charge in [0.25, 0.3) is 5.91 Å². The van der Waals surface area contributed by atoms with Crippen molar-refractivity contribution >= 4 is 24.0 Å². The average Bonchev–Trinajstić information content (AvgIpc) is 3.01. The van der Waals surface area contributed by atoms with E-state index in [0.717, 1.165) is 6.54 Å². The highest BCUT2D eigenvalue weighted by Crippen LogP contribution is 2.29. The first-order valence-electron chi connectivity index (χ1n) is 5.28. The molecule has 0 saturated heterocycles. The largest absolute Gasteiger partial charge is 0.398 e. The van der Waals surface area contributed by atoms with Crippen LogP contribution in [0.1, 0.15) is 23.2 Å². The van der Waals surface area contributed by atoms with Crippen LogP contribution in [0.3, 0.4) is 0 Å². The lowest BCUT2D eigenvalue weighted by molar-refractivity contribution is 0.0790. The number of benzene rings is 1. The molecule has 1 aromatic rings. The molecule has 2 rings (SSSR count). The molecular formula is C12H17ClN2O. The maximum Gasteiger partial charge on any atom is 0.255 e. The summed E-state index contributed by atoms with van der Waals surface area (Å²) in [4.78, 5) is 13.7. The van der Waals surface area contributed by atoms with Gasteiger partial charge in [-0.25, -0.2) is 0 Å². The first-order chi connectivity index (χ1) is 7.18. The molecule has 1 amide bonds. The number of carbonyl (C=O) groups excluding carboxylic acids is 1. The van der Waals surface area contributed by atoms with E-state index < -0.39 is 0 Å². The van der Waals surface area contributed by atoms with Crippen molar-refractivity contribution in [1.82, 2.24) is 4.90 Å². The quantitative estimate of drug-likeness (QED) is 0.824. The molecule has 0 unspecified atom stereocenters. The summed E-state index contributed by atoms with van der Waals surface area (Å²) in [6.07, 6.45) is 2.50. The third-order valence-electron chi connectivity index (χ3n) is 2.77. The molecule has 1 aliphatic rings. The van der Waals surface area contributed by atoms with Crippen molar-refractivity contribution in [2.45, 2.75) is 12.8 Å². The third-order valence-corrected chi connectivity index (χ3v) is 2.77. The molecule has 3 nitrogen and oxygen atoms in total. The van der Waals surface area contributed by atoms with Crippen LogP contribution in [0.4, 0.5) is 5.69 Å². The molecule has 0 aromatic heterocycles. The molecule has 0 bridgehead atoms. The summed E-state index contributed by atoms with van der Waals surface area (Å²) in [5.41, 5.74) is 6.93. The van der Waals surface area contributed by atoms with E-state index in [1.165, 1.54) is 12.8 Å². The van der Waals surface area contributed by atoms with Crippen molar-refractivity contribution in [3.8, 4) is 0 Å². The minimum atomic E-state index is 0. The number of hydrogen-bond acceptors (Lipinski definition) is 2. The van der Waals surface area contributed by atoms with Gasteiger partial charge in [0.15, 0.2) is 0 Å². The zero-order chi connectivity index (χ0) is 10.8. The van der Waals surface area contributed by atoms with Crippen LogP contribution in [-0.4, -0.2) is 24.4 Å². The van der Waals surface area contributed by atoms with Crippen LogP contribution >= 0.6 is 12.4 Å². The monoisotopic (exact) mass is 240 g/mol. The number of carbonyl (C=O) groups is 1. The second kappa shape index (κ2) is 5.21. The molecule has 1 aliphatic carbocycles. The topological polar surface area (TPSA) is 46.3 Å². The van der Waals surface area contributed by atoms with E-state index in [-0.39, 0.29) is 18.3 Å². The maximum absolute atomic E-state index is 12.0. The molecule has 1 saturated carbocycles. The summed E-state index contributed by atoms with van der Waals surface area (Å²) < 4.78 is 0. The van der Waals surface area contributed by atoms with E-state index >= 15 is 0 Å². The van der Waals surface area contributed by atoms with Crippen molar-refractivity contribution in [2.75, 3.05) is 19.3 Å². The normalized spacial score (nSPS) is 14.1. The fourth-order valence-corrected chi connectivity index (χ4v) is 1.67. The summed E-state index contributed by atoms with van der Waals surface area (Å²) in [5, 5.41) is 0. The molecule has 0 radical (unpaired) electrons. The highest BCUT2D eigenvalue weighted by Gasteiger charge is 2.25. The van der Waals surface area contributed by atoms with Crippen molar-refractivity contribution < 1.29 is 4.79 Å². The Morgan fingerprint density at radius 2 is 2.06 bits per heavy atom. The van der Waals surface area contributed by atoms with Gasteiger partial charge in [-0.2, -0.15) is 0 Å². The van der Waals surface area contributed by atoms with Crippen LogP contribution in [0.5, 0.6) is 0 Å². The van der Waals surface area contributed by atoms with E-state index in [1.807, 2.05) is 19.2 Å². The molecule has 16 heavy (non-hydrogen) atoms. The first kappa shape index (κ1) is 12.8. The van der Waals surface area contributed by atoms with Crippen molar-refractivity contribution in [2.24, 2.45) is 5.92 Å². The summed E-state index contributed by atoms with van der Waals surface area (Å²) in [6, 6.07) is 7.22. The van der Waals surface area contributed by atoms with E-state index in [4.69, 9.17) is 5.73 Å². The second-order valence-electron chi connectivity index (χ2n) is 4.22. The lowest BCUT2D eigenvalue weighted by Crippen LogP contribution is -2.29. The predicted molar refractivity (Wildman–Crippen MR) is 67.8 cm³/mol. The number of amides is 1. The molecule has 0 heterocycles. The Hall–Kier alpha value is -1.22. The van der Waals surface area contributed by atoms with E-state index in [9.17, 15) is 4.79 Å². The average molecular weight is 241 g/mol. The summed E-state index contributed by atoms with van der Waals surface area (Å²) >= 11 is 0. The molecule has 1 aromatic carbocycles. The number of halogens is 1. The Labute approximate surface area is 102 Å². The SMILES string of the molecule is CN(CC1CC1)C(=O)c1ccccc1N.Cl. The summed E-state index contributed by atoms with van der Waals surface area (Å²) in [6.45, 7) is 0.854. The van der Waals surface area contributed by atoms with Gasteiger partial charge in [0.2, 0.25) is 0 Å². The standard InChI is InChI=1S/C12H16N2O.ClH/c1-14(8-9-6-7-9)12(15)10-4-2-3-5-11(10)13;/h2-5,9H,6-8,13H2,1H3;1H. The number of nitrogens with two attached hydrogens (primary N) is 1. The zero-order valence-electron chi connectivity index (χ0n) is 9.35. The van der Waals surface area contributed by atoms with Crippen LogP contribution in [0.2, 0.25) is 0 Å². The Morgan fingerprint density at radius 3 is 2.62 bits per heavy atom. The van der Waals surface area contributed by atoms with E-state index in [0.29, 0.717) is 17.2 Å². The highest BCUT2D eigenvalue weighted by atomic mass is 35.5. The summed E-state index contributed by atoms with van der Waals surface area (Å²) in [7, 11) is 1.84. The number of rotatable bonds is 3. The highest BCUT2D eigenvalue weighted by molar-refractivity contribution is 5.98. The van der Waals surface area contributed by atoms with Gasteiger partial charge >= 0.3 is 0 Å². The Balaban J connectivity index is 0.00000128. The van der Waals surface area contributed by atoms with Crippen molar-refractivity contribution in [3.63, 3.8) is 0 Å². The van der Waals surface area contributed by atoms with Crippen LogP contribution in [0, 0.1) is 5.92 Å². The van der Waals surface area contributed by atoms with Gasteiger partial charge in [-0.05, 0) is 30.9 Å². The molecule has 88 valence electrons. The van der Waals surface area contributed by atoms with Gasteiger partial charge in [-0.1, -0.05) is 12.1 Å². The number of para-hydroxylation sites is 1. The Bertz CT molecular complexity index is 377. The fourth-order valence-electron chi connectivity index (χ4n) is 1.67. The molecule has 1 fully saturated rings. The second-order valence-corrected chi connectivity index (χ2v) is 4.22. The molecule has 0 aliphatic heterocycles. The molecule has 2 N–H and O–H groups in total.